The van der Waals surface area contributed by atoms with Crippen molar-refractivity contribution >= 4 is 21.8 Å². The van der Waals surface area contributed by atoms with E-state index in [1.54, 1.807) is 37.1 Å². The average Bonchev–Trinajstić information content (AvgIpc) is 3.44. The molecule has 0 saturated carbocycles. The number of nitrogens with zero attached hydrogens (tertiary/aromatic N) is 2. The van der Waals surface area contributed by atoms with Crippen molar-refractivity contribution in [3.8, 4) is 0 Å². The molecule has 44 heavy (non-hydrogen) atoms. The first-order valence-corrected chi connectivity index (χ1v) is 16.4. The first kappa shape index (κ1) is 33.9. The Morgan fingerprint density at radius 1 is 1.14 bits per heavy atom. The topological polar surface area (TPSA) is 128 Å². The molecule has 0 spiro atoms. The van der Waals surface area contributed by atoms with E-state index in [-0.39, 0.29) is 67.7 Å². The summed E-state index contributed by atoms with van der Waals surface area (Å²) in [4.78, 5) is 27.7. The van der Waals surface area contributed by atoms with Gasteiger partial charge < -0.3 is 25.4 Å². The van der Waals surface area contributed by atoms with E-state index < -0.39 is 45.8 Å². The number of likely N-dealkylation sites (tertiary alicyclic amines) is 1. The van der Waals surface area contributed by atoms with Gasteiger partial charge in [-0.05, 0) is 68.0 Å². The molecule has 0 radical (unpaired) electrons. The van der Waals surface area contributed by atoms with Gasteiger partial charge in [0.15, 0.2) is 0 Å². The quantitative estimate of drug-likeness (QED) is 0.308. The fourth-order valence-corrected chi connectivity index (χ4v) is 7.57. The molecule has 242 valence electrons. The minimum Gasteiger partial charge on any atom is -0.389 e. The van der Waals surface area contributed by atoms with E-state index in [0.29, 0.717) is 13.2 Å². The molecule has 10 nitrogen and oxygen atoms in total. The zero-order valence-electron chi connectivity index (χ0n) is 25.2. The zero-order chi connectivity index (χ0) is 31.9. The molecule has 3 N–H and O–H groups in total. The SMILES string of the molecule is COC[C@H]1CCCN1C(=O)CCCC(=O)N[C@@H](Cc1cc(F)cc(F)c1)[C@H](O)[C@H]1CN(S(=O)(=O)c2cccc(C)c2)CCN1. The Kier molecular flexibility index (Phi) is 11.8. The number of aliphatic hydroxyl groups excluding tert-OH is 1. The summed E-state index contributed by atoms with van der Waals surface area (Å²) in [6.07, 6.45) is 0.825. The molecule has 2 fully saturated rings. The van der Waals surface area contributed by atoms with Crippen LogP contribution in [0.25, 0.3) is 0 Å². The number of aliphatic hydroxyl groups is 1. The van der Waals surface area contributed by atoms with Crippen LogP contribution in [0.2, 0.25) is 0 Å². The third kappa shape index (κ3) is 8.81. The van der Waals surface area contributed by atoms with Crippen LogP contribution >= 0.6 is 0 Å². The highest BCUT2D eigenvalue weighted by atomic mass is 32.2. The number of sulfonamides is 1. The van der Waals surface area contributed by atoms with Gasteiger partial charge >= 0.3 is 0 Å². The smallest absolute Gasteiger partial charge is 0.243 e. The van der Waals surface area contributed by atoms with Crippen molar-refractivity contribution in [1.82, 2.24) is 19.8 Å². The van der Waals surface area contributed by atoms with Gasteiger partial charge in [0.2, 0.25) is 21.8 Å². The Morgan fingerprint density at radius 3 is 2.59 bits per heavy atom. The van der Waals surface area contributed by atoms with E-state index in [1.807, 2.05) is 0 Å². The molecule has 2 aliphatic rings. The van der Waals surface area contributed by atoms with Crippen LogP contribution in [-0.4, -0.2) is 98.7 Å². The van der Waals surface area contributed by atoms with Crippen molar-refractivity contribution in [3.63, 3.8) is 0 Å². The van der Waals surface area contributed by atoms with E-state index >= 15 is 0 Å². The zero-order valence-corrected chi connectivity index (χ0v) is 26.0. The maximum Gasteiger partial charge on any atom is 0.243 e. The van der Waals surface area contributed by atoms with Gasteiger partial charge in [-0.15, -0.1) is 0 Å². The molecule has 2 aliphatic heterocycles. The number of halogens is 2. The number of methoxy groups -OCH3 is 1. The molecular weight excluding hydrogens is 594 g/mol. The molecular formula is C31H42F2N4O6S. The Labute approximate surface area is 257 Å². The monoisotopic (exact) mass is 636 g/mol. The lowest BCUT2D eigenvalue weighted by Crippen LogP contribution is -2.62. The van der Waals surface area contributed by atoms with Crippen LogP contribution in [0.5, 0.6) is 0 Å². The van der Waals surface area contributed by atoms with E-state index in [1.165, 1.54) is 10.4 Å². The third-order valence-corrected chi connectivity index (χ3v) is 10.1. The highest BCUT2D eigenvalue weighted by Gasteiger charge is 2.37. The molecule has 2 amide bonds. The maximum absolute atomic E-state index is 14.0. The third-order valence-electron chi connectivity index (χ3n) is 8.20. The molecule has 2 saturated heterocycles. The average molecular weight is 637 g/mol. The first-order chi connectivity index (χ1) is 21.0. The molecule has 13 heteroatoms. The lowest BCUT2D eigenvalue weighted by atomic mass is 9.95. The summed E-state index contributed by atoms with van der Waals surface area (Å²) in [6, 6.07) is 7.81. The summed E-state index contributed by atoms with van der Waals surface area (Å²) in [7, 11) is -2.26. The number of ether oxygens (including phenoxy) is 1. The van der Waals surface area contributed by atoms with Crippen LogP contribution in [0.3, 0.4) is 0 Å². The Balaban J connectivity index is 1.43. The summed E-state index contributed by atoms with van der Waals surface area (Å²) in [5, 5.41) is 17.4. The number of carbonyl (C=O) groups is 2. The standard InChI is InChI=1S/C31H42F2N4O6S/c1-21-6-3-8-26(14-21)44(41,42)36-13-11-34-28(19-36)31(40)27(17-22-15-23(32)18-24(33)16-22)35-29(38)9-4-10-30(39)37-12-5-7-25(37)20-43-2/h3,6,8,14-16,18,25,27-28,31,34,40H,4-5,7,9-13,17,19-20H2,1-2H3,(H,35,38)/t25-,27+,28-,31+/m1/s1. The van der Waals surface area contributed by atoms with E-state index in [9.17, 15) is 31.9 Å². The van der Waals surface area contributed by atoms with Crippen LogP contribution in [0.4, 0.5) is 8.78 Å². The summed E-state index contributed by atoms with van der Waals surface area (Å²) in [6.45, 7) is 3.28. The number of nitrogens with one attached hydrogen (secondary N) is 2. The van der Waals surface area contributed by atoms with Gasteiger partial charge in [-0.2, -0.15) is 4.31 Å². The highest BCUT2D eigenvalue weighted by molar-refractivity contribution is 7.89. The number of piperazine rings is 1. The van der Waals surface area contributed by atoms with Crippen LogP contribution < -0.4 is 10.6 Å². The lowest BCUT2D eigenvalue weighted by molar-refractivity contribution is -0.133. The molecule has 0 aliphatic carbocycles. The Bertz CT molecular complexity index is 1390. The van der Waals surface area contributed by atoms with Crippen molar-refractivity contribution in [2.45, 2.75) is 74.6 Å². The number of benzene rings is 2. The minimum absolute atomic E-state index is 0.00120. The second-order valence-electron chi connectivity index (χ2n) is 11.6. The number of amides is 2. The highest BCUT2D eigenvalue weighted by Crippen LogP contribution is 2.22. The minimum atomic E-state index is -3.85. The van der Waals surface area contributed by atoms with Crippen molar-refractivity contribution in [2.75, 3.05) is 39.9 Å². The van der Waals surface area contributed by atoms with E-state index in [0.717, 1.165) is 36.6 Å². The second kappa shape index (κ2) is 15.3. The largest absolute Gasteiger partial charge is 0.389 e. The summed E-state index contributed by atoms with van der Waals surface area (Å²) >= 11 is 0. The number of hydrogen-bond donors (Lipinski definition) is 3. The fourth-order valence-electron chi connectivity index (χ4n) is 5.99. The van der Waals surface area contributed by atoms with Gasteiger partial charge in [0.1, 0.15) is 11.6 Å². The molecule has 2 heterocycles. The molecule has 0 unspecified atom stereocenters. The molecule has 0 aromatic heterocycles. The first-order valence-electron chi connectivity index (χ1n) is 15.0. The van der Waals surface area contributed by atoms with E-state index in [2.05, 4.69) is 10.6 Å². The van der Waals surface area contributed by atoms with Gasteiger partial charge in [0.25, 0.3) is 0 Å². The van der Waals surface area contributed by atoms with Crippen molar-refractivity contribution in [2.24, 2.45) is 0 Å². The fraction of sp³-hybridized carbons (Fsp3) is 0.548. The normalized spacial score (nSPS) is 20.8. The second-order valence-corrected chi connectivity index (χ2v) is 13.5. The number of hydrogen-bond acceptors (Lipinski definition) is 7. The molecule has 0 bridgehead atoms. The molecule has 2 aromatic carbocycles. The number of rotatable bonds is 13. The van der Waals surface area contributed by atoms with Crippen LogP contribution in [-0.2, 0) is 30.8 Å². The van der Waals surface area contributed by atoms with Crippen molar-refractivity contribution in [1.29, 1.82) is 0 Å². The van der Waals surface area contributed by atoms with Crippen LogP contribution in [0, 0.1) is 18.6 Å². The predicted octanol–water partition coefficient (Wildman–Crippen LogP) is 2.13. The summed E-state index contributed by atoms with van der Waals surface area (Å²) < 4.78 is 61.2. The predicted molar refractivity (Wildman–Crippen MR) is 160 cm³/mol. The number of carbonyl (C=O) groups excluding carboxylic acids is 2. The van der Waals surface area contributed by atoms with Crippen LogP contribution in [0.1, 0.15) is 43.2 Å². The summed E-state index contributed by atoms with van der Waals surface area (Å²) in [5.74, 6) is -2.07. The van der Waals surface area contributed by atoms with Gasteiger partial charge in [-0.3, -0.25) is 9.59 Å². The van der Waals surface area contributed by atoms with Crippen molar-refractivity contribution < 1.29 is 36.6 Å². The van der Waals surface area contributed by atoms with Crippen LogP contribution in [0.15, 0.2) is 47.4 Å². The molecule has 2 aromatic rings. The number of aryl methyl sites for hydroxylation is 1. The Hall–Kier alpha value is -2.97. The van der Waals surface area contributed by atoms with E-state index in [4.69, 9.17) is 4.74 Å². The molecule has 4 rings (SSSR count). The van der Waals surface area contributed by atoms with Gasteiger partial charge in [-0.25, -0.2) is 17.2 Å². The lowest BCUT2D eigenvalue weighted by Gasteiger charge is -2.38. The summed E-state index contributed by atoms with van der Waals surface area (Å²) in [5.41, 5.74) is 1.01. The van der Waals surface area contributed by atoms with Gasteiger partial charge in [-0.1, -0.05) is 12.1 Å². The Morgan fingerprint density at radius 2 is 1.89 bits per heavy atom. The van der Waals surface area contributed by atoms with Gasteiger partial charge in [0, 0.05) is 58.2 Å². The van der Waals surface area contributed by atoms with Crippen molar-refractivity contribution in [3.05, 3.63) is 65.2 Å². The molecule has 4 atom stereocenters. The maximum atomic E-state index is 14.0. The van der Waals surface area contributed by atoms with Gasteiger partial charge in [0.05, 0.1) is 29.7 Å².